The van der Waals surface area contributed by atoms with Crippen LogP contribution in [0.1, 0.15) is 12.0 Å². The summed E-state index contributed by atoms with van der Waals surface area (Å²) in [6, 6.07) is 6.23. The van der Waals surface area contributed by atoms with Gasteiger partial charge in [-0.15, -0.1) is 0 Å². The third kappa shape index (κ3) is 4.17. The molecule has 0 radical (unpaired) electrons. The van der Waals surface area contributed by atoms with Gasteiger partial charge >= 0.3 is 5.97 Å². The molecule has 18 heavy (non-hydrogen) atoms. The Bertz CT molecular complexity index is 565. The fourth-order valence-electron chi connectivity index (χ4n) is 1.41. The van der Waals surface area contributed by atoms with E-state index in [1.165, 1.54) is 6.07 Å². The Hall–Kier alpha value is -1.89. The number of carbonyl (C=O) groups is 2. The van der Waals surface area contributed by atoms with Crippen molar-refractivity contribution in [1.82, 2.24) is 5.32 Å². The van der Waals surface area contributed by atoms with Gasteiger partial charge in [0.2, 0.25) is 5.91 Å². The van der Waals surface area contributed by atoms with Crippen LogP contribution in [0.25, 0.3) is 0 Å². The van der Waals surface area contributed by atoms with Crippen molar-refractivity contribution in [2.75, 3.05) is 6.26 Å². The Morgan fingerprint density at radius 1 is 1.28 bits per heavy atom. The summed E-state index contributed by atoms with van der Waals surface area (Å²) < 4.78 is 22.9. The van der Waals surface area contributed by atoms with Crippen molar-refractivity contribution in [3.63, 3.8) is 0 Å². The summed E-state index contributed by atoms with van der Waals surface area (Å²) in [5.41, 5.74) is 0.429. The minimum atomic E-state index is -3.37. The van der Waals surface area contributed by atoms with E-state index in [9.17, 15) is 18.0 Å². The predicted molar refractivity (Wildman–Crippen MR) is 63.7 cm³/mol. The van der Waals surface area contributed by atoms with Gasteiger partial charge in [0, 0.05) is 12.8 Å². The Kier molecular flexibility index (Phi) is 4.43. The number of sulfone groups is 1. The second-order valence-corrected chi connectivity index (χ2v) is 5.71. The van der Waals surface area contributed by atoms with Gasteiger partial charge in [-0.2, -0.15) is 0 Å². The van der Waals surface area contributed by atoms with Gasteiger partial charge in [0.25, 0.3) is 0 Å². The van der Waals surface area contributed by atoms with Crippen molar-refractivity contribution in [3.05, 3.63) is 29.8 Å². The van der Waals surface area contributed by atoms with Crippen molar-refractivity contribution in [1.29, 1.82) is 0 Å². The van der Waals surface area contributed by atoms with Crippen LogP contribution in [0.15, 0.2) is 29.2 Å². The molecule has 0 atom stereocenters. The molecule has 0 spiro atoms. The van der Waals surface area contributed by atoms with Crippen molar-refractivity contribution in [2.24, 2.45) is 0 Å². The molecule has 0 saturated heterocycles. The number of hydrogen-bond donors (Lipinski definition) is 2. The first kappa shape index (κ1) is 14.2. The number of benzene rings is 1. The molecule has 7 heteroatoms. The van der Waals surface area contributed by atoms with Crippen molar-refractivity contribution in [3.8, 4) is 0 Å². The van der Waals surface area contributed by atoms with Crippen molar-refractivity contribution in [2.45, 2.75) is 17.9 Å². The highest BCUT2D eigenvalue weighted by atomic mass is 32.2. The maximum absolute atomic E-state index is 11.5. The normalized spacial score (nSPS) is 10.9. The number of aliphatic carboxylic acids is 1. The average Bonchev–Trinajstić information content (AvgIpc) is 2.24. The van der Waals surface area contributed by atoms with E-state index < -0.39 is 28.1 Å². The number of nitrogens with one attached hydrogen (secondary N) is 1. The summed E-state index contributed by atoms with van der Waals surface area (Å²) in [5, 5.41) is 10.8. The topological polar surface area (TPSA) is 101 Å². The standard InChI is InChI=1S/C11H13NO5S/c1-18(16,17)9-5-3-2-4-8(9)7-12-10(13)6-11(14)15/h2-5H,6-7H2,1H3,(H,12,13)(H,14,15). The zero-order valence-electron chi connectivity index (χ0n) is 9.71. The fraction of sp³-hybridized carbons (Fsp3) is 0.273. The molecule has 1 aromatic carbocycles. The number of carboxylic acids is 1. The molecule has 0 fully saturated rings. The molecule has 0 unspecified atom stereocenters. The molecule has 2 N–H and O–H groups in total. The van der Waals surface area contributed by atoms with Crippen LogP contribution in [0.2, 0.25) is 0 Å². The van der Waals surface area contributed by atoms with Crippen LogP contribution in [0, 0.1) is 0 Å². The molecule has 98 valence electrons. The molecule has 0 heterocycles. The summed E-state index contributed by atoms with van der Waals surface area (Å²) in [7, 11) is -3.37. The molecule has 0 aliphatic carbocycles. The molecule has 0 aromatic heterocycles. The number of carboxylic acid groups (broad SMARTS) is 1. The van der Waals surface area contributed by atoms with Crippen molar-refractivity contribution < 1.29 is 23.1 Å². The molecular weight excluding hydrogens is 258 g/mol. The first-order valence-corrected chi connectivity index (χ1v) is 6.96. The van der Waals surface area contributed by atoms with Gasteiger partial charge in [0.15, 0.2) is 9.84 Å². The van der Waals surface area contributed by atoms with Gasteiger partial charge in [0.1, 0.15) is 6.42 Å². The van der Waals surface area contributed by atoms with Gasteiger partial charge < -0.3 is 10.4 Å². The van der Waals surface area contributed by atoms with Gasteiger partial charge in [-0.3, -0.25) is 9.59 Å². The maximum atomic E-state index is 11.5. The quantitative estimate of drug-likeness (QED) is 0.744. The fourth-order valence-corrected chi connectivity index (χ4v) is 2.35. The number of carbonyl (C=O) groups excluding carboxylic acids is 1. The second-order valence-electron chi connectivity index (χ2n) is 3.73. The van der Waals surface area contributed by atoms with Crippen LogP contribution in [0.4, 0.5) is 0 Å². The highest BCUT2D eigenvalue weighted by Crippen LogP contribution is 2.14. The van der Waals surface area contributed by atoms with Gasteiger partial charge in [-0.05, 0) is 11.6 Å². The maximum Gasteiger partial charge on any atom is 0.312 e. The van der Waals surface area contributed by atoms with Crippen LogP contribution in [0.5, 0.6) is 0 Å². The first-order chi connectivity index (χ1) is 8.30. The van der Waals surface area contributed by atoms with Crippen LogP contribution < -0.4 is 5.32 Å². The predicted octanol–water partition coefficient (Wildman–Crippen LogP) is 0.181. The molecule has 1 aromatic rings. The highest BCUT2D eigenvalue weighted by Gasteiger charge is 2.13. The zero-order chi connectivity index (χ0) is 13.8. The summed E-state index contributed by atoms with van der Waals surface area (Å²) in [6.07, 6.45) is 0.436. The van der Waals surface area contributed by atoms with Crippen LogP contribution in [-0.2, 0) is 26.0 Å². The Labute approximate surface area is 105 Å². The van der Waals surface area contributed by atoms with E-state index in [2.05, 4.69) is 5.32 Å². The average molecular weight is 271 g/mol. The van der Waals surface area contributed by atoms with Crippen molar-refractivity contribution >= 4 is 21.7 Å². The summed E-state index contributed by atoms with van der Waals surface area (Å²) in [4.78, 5) is 21.6. The molecule has 0 aliphatic heterocycles. The third-order valence-electron chi connectivity index (χ3n) is 2.16. The van der Waals surface area contributed by atoms with E-state index in [0.29, 0.717) is 5.56 Å². The molecule has 1 rings (SSSR count). The van der Waals surface area contributed by atoms with Crippen LogP contribution in [0.3, 0.4) is 0 Å². The molecule has 1 amide bonds. The van der Waals surface area contributed by atoms with Crippen LogP contribution >= 0.6 is 0 Å². The summed E-state index contributed by atoms with van der Waals surface area (Å²) in [6.45, 7) is -0.0185. The lowest BCUT2D eigenvalue weighted by Gasteiger charge is -2.08. The van der Waals surface area contributed by atoms with E-state index in [-0.39, 0.29) is 11.4 Å². The third-order valence-corrected chi connectivity index (χ3v) is 3.36. The van der Waals surface area contributed by atoms with E-state index in [0.717, 1.165) is 6.26 Å². The Morgan fingerprint density at radius 2 is 1.89 bits per heavy atom. The lowest BCUT2D eigenvalue weighted by molar-refractivity contribution is -0.140. The Morgan fingerprint density at radius 3 is 2.44 bits per heavy atom. The monoisotopic (exact) mass is 271 g/mol. The lowest BCUT2D eigenvalue weighted by atomic mass is 10.2. The minimum Gasteiger partial charge on any atom is -0.481 e. The van der Waals surface area contributed by atoms with Crippen LogP contribution in [-0.4, -0.2) is 31.7 Å². The highest BCUT2D eigenvalue weighted by molar-refractivity contribution is 7.90. The zero-order valence-corrected chi connectivity index (χ0v) is 10.5. The Balaban J connectivity index is 2.80. The van der Waals surface area contributed by atoms with E-state index >= 15 is 0 Å². The second kappa shape index (κ2) is 5.63. The number of amides is 1. The van der Waals surface area contributed by atoms with Gasteiger partial charge in [-0.25, -0.2) is 8.42 Å². The van der Waals surface area contributed by atoms with E-state index in [4.69, 9.17) is 5.11 Å². The summed E-state index contributed by atoms with van der Waals surface area (Å²) in [5.74, 6) is -1.89. The number of hydrogen-bond acceptors (Lipinski definition) is 4. The van der Waals surface area contributed by atoms with E-state index in [1.807, 2.05) is 0 Å². The molecular formula is C11H13NO5S. The smallest absolute Gasteiger partial charge is 0.312 e. The van der Waals surface area contributed by atoms with Gasteiger partial charge in [0.05, 0.1) is 4.90 Å². The molecule has 6 nitrogen and oxygen atoms in total. The van der Waals surface area contributed by atoms with Gasteiger partial charge in [-0.1, -0.05) is 18.2 Å². The molecule has 0 saturated carbocycles. The summed E-state index contributed by atoms with van der Waals surface area (Å²) >= 11 is 0. The molecule has 0 bridgehead atoms. The molecule has 0 aliphatic rings. The lowest BCUT2D eigenvalue weighted by Crippen LogP contribution is -2.25. The van der Waals surface area contributed by atoms with E-state index in [1.54, 1.807) is 18.2 Å². The first-order valence-electron chi connectivity index (χ1n) is 5.07. The number of rotatable bonds is 5. The largest absolute Gasteiger partial charge is 0.481 e. The SMILES string of the molecule is CS(=O)(=O)c1ccccc1CNC(=O)CC(=O)O. The minimum absolute atomic E-state index is 0.0185.